The molecule has 64 valence electrons. The van der Waals surface area contributed by atoms with Crippen molar-refractivity contribution >= 4 is 24.1 Å². The van der Waals surface area contributed by atoms with E-state index in [0.29, 0.717) is 0 Å². The van der Waals surface area contributed by atoms with Gasteiger partial charge in [-0.25, -0.2) is 0 Å². The van der Waals surface area contributed by atoms with Crippen LogP contribution >= 0.6 is 11.8 Å². The first kappa shape index (κ1) is 9.13. The average Bonchev–Trinajstić information content (AvgIpc) is 2.56. The van der Waals surface area contributed by atoms with Crippen LogP contribution in [0, 0.1) is 0 Å². The predicted molar refractivity (Wildman–Crippen MR) is 51.1 cm³/mol. The second kappa shape index (κ2) is 4.83. The van der Waals surface area contributed by atoms with Crippen LogP contribution in [0.3, 0.4) is 0 Å². The molecule has 0 fully saturated rings. The molecule has 2 nitrogen and oxygen atoms in total. The predicted octanol–water partition coefficient (Wildman–Crippen LogP) is 2.22. The molecule has 0 unspecified atom stereocenters. The van der Waals surface area contributed by atoms with Gasteiger partial charge >= 0.3 is 0 Å². The first-order valence-corrected chi connectivity index (χ1v) is 4.94. The zero-order valence-corrected chi connectivity index (χ0v) is 7.64. The Morgan fingerprint density at radius 3 is 3.08 bits per heavy atom. The molecule has 1 rings (SSSR count). The summed E-state index contributed by atoms with van der Waals surface area (Å²) in [6, 6.07) is 3.62. The van der Waals surface area contributed by atoms with Crippen LogP contribution in [0.5, 0.6) is 0 Å². The number of hydrogen-bond donors (Lipinski definition) is 0. The summed E-state index contributed by atoms with van der Waals surface area (Å²) in [5, 5.41) is 0. The molecule has 1 aromatic rings. The topological polar surface area (TPSA) is 30.2 Å². The van der Waals surface area contributed by atoms with Crippen molar-refractivity contribution in [3.63, 3.8) is 0 Å². The maximum atomic E-state index is 10.5. The molecule has 1 heterocycles. The molecule has 0 bridgehead atoms. The first-order chi connectivity index (χ1) is 5.86. The minimum Gasteiger partial charge on any atom is -0.465 e. The van der Waals surface area contributed by atoms with Gasteiger partial charge in [0.15, 0.2) is 0 Å². The van der Waals surface area contributed by atoms with Gasteiger partial charge in [0, 0.05) is 11.3 Å². The summed E-state index contributed by atoms with van der Waals surface area (Å²) in [7, 11) is 0. The van der Waals surface area contributed by atoms with Crippen LogP contribution < -0.4 is 0 Å². The fourth-order valence-corrected chi connectivity index (χ4v) is 1.32. The van der Waals surface area contributed by atoms with Crippen molar-refractivity contribution in [2.24, 2.45) is 0 Å². The van der Waals surface area contributed by atoms with Gasteiger partial charge in [-0.1, -0.05) is 0 Å². The van der Waals surface area contributed by atoms with E-state index >= 15 is 0 Å². The normalized spacial score (nSPS) is 11.6. The number of rotatable bonds is 4. The molecule has 0 spiro atoms. The summed E-state index contributed by atoms with van der Waals surface area (Å²) in [4.78, 5) is 10.5. The second-order valence-electron chi connectivity index (χ2n) is 2.29. The lowest BCUT2D eigenvalue weighted by Gasteiger charge is -1.93. The SMILES string of the molecule is CSC/C(C=O)=C\c1ccco1. The summed E-state index contributed by atoms with van der Waals surface area (Å²) in [5.74, 6) is 1.45. The summed E-state index contributed by atoms with van der Waals surface area (Å²) in [5.41, 5.74) is 0.748. The summed E-state index contributed by atoms with van der Waals surface area (Å²) in [6.07, 6.45) is 6.16. The van der Waals surface area contributed by atoms with Gasteiger partial charge in [-0.3, -0.25) is 4.79 Å². The number of hydrogen-bond acceptors (Lipinski definition) is 3. The van der Waals surface area contributed by atoms with Gasteiger partial charge in [-0.15, -0.1) is 0 Å². The minimum absolute atomic E-state index is 0.726. The van der Waals surface area contributed by atoms with Crippen LogP contribution in [0.25, 0.3) is 6.08 Å². The Morgan fingerprint density at radius 2 is 2.58 bits per heavy atom. The molecule has 0 aliphatic rings. The highest BCUT2D eigenvalue weighted by Crippen LogP contribution is 2.09. The van der Waals surface area contributed by atoms with Gasteiger partial charge in [0.1, 0.15) is 12.0 Å². The fraction of sp³-hybridized carbons (Fsp3) is 0.222. The van der Waals surface area contributed by atoms with Crippen molar-refractivity contribution in [1.82, 2.24) is 0 Å². The Morgan fingerprint density at radius 1 is 1.75 bits per heavy atom. The molecule has 0 N–H and O–H groups in total. The standard InChI is InChI=1S/C9H10O2S/c1-12-7-8(6-10)5-9-3-2-4-11-9/h2-6H,7H2,1H3/b8-5-. The number of aldehydes is 1. The Kier molecular flexibility index (Phi) is 3.67. The average molecular weight is 182 g/mol. The third-order valence-electron chi connectivity index (χ3n) is 1.33. The van der Waals surface area contributed by atoms with Crippen molar-refractivity contribution < 1.29 is 9.21 Å². The molecule has 0 aromatic carbocycles. The van der Waals surface area contributed by atoms with Crippen LogP contribution in [0.15, 0.2) is 28.4 Å². The van der Waals surface area contributed by atoms with Gasteiger partial charge < -0.3 is 4.42 Å². The summed E-state index contributed by atoms with van der Waals surface area (Å²) < 4.78 is 5.07. The monoisotopic (exact) mass is 182 g/mol. The van der Waals surface area contributed by atoms with Crippen molar-refractivity contribution in [3.05, 3.63) is 29.7 Å². The molecule has 0 saturated heterocycles. The smallest absolute Gasteiger partial charge is 0.147 e. The van der Waals surface area contributed by atoms with Gasteiger partial charge in [0.05, 0.1) is 6.26 Å². The molecule has 0 radical (unpaired) electrons. The van der Waals surface area contributed by atoms with E-state index in [9.17, 15) is 4.79 Å². The van der Waals surface area contributed by atoms with E-state index in [1.54, 1.807) is 30.2 Å². The molecule has 0 amide bonds. The molecule has 1 aromatic heterocycles. The highest BCUT2D eigenvalue weighted by Gasteiger charge is 1.95. The largest absolute Gasteiger partial charge is 0.465 e. The molecular formula is C9H10O2S. The molecule has 0 saturated carbocycles. The molecular weight excluding hydrogens is 172 g/mol. The van der Waals surface area contributed by atoms with E-state index in [2.05, 4.69) is 0 Å². The van der Waals surface area contributed by atoms with E-state index in [0.717, 1.165) is 23.4 Å². The maximum Gasteiger partial charge on any atom is 0.147 e. The Labute approximate surface area is 75.6 Å². The minimum atomic E-state index is 0.726. The summed E-state index contributed by atoms with van der Waals surface area (Å²) in [6.45, 7) is 0. The lowest BCUT2D eigenvalue weighted by molar-refractivity contribution is -0.104. The number of thioether (sulfide) groups is 1. The van der Waals surface area contributed by atoms with E-state index in [4.69, 9.17) is 4.42 Å². The third-order valence-corrected chi connectivity index (χ3v) is 1.96. The first-order valence-electron chi connectivity index (χ1n) is 3.55. The van der Waals surface area contributed by atoms with Crippen LogP contribution in [0.1, 0.15) is 5.76 Å². The summed E-state index contributed by atoms with van der Waals surface area (Å²) >= 11 is 1.61. The van der Waals surface area contributed by atoms with Crippen molar-refractivity contribution in [1.29, 1.82) is 0 Å². The molecule has 3 heteroatoms. The van der Waals surface area contributed by atoms with E-state index in [1.165, 1.54) is 0 Å². The van der Waals surface area contributed by atoms with E-state index in [1.807, 2.05) is 12.3 Å². The highest BCUT2D eigenvalue weighted by molar-refractivity contribution is 7.98. The van der Waals surface area contributed by atoms with Crippen molar-refractivity contribution in [2.75, 3.05) is 12.0 Å². The highest BCUT2D eigenvalue weighted by atomic mass is 32.2. The van der Waals surface area contributed by atoms with Gasteiger partial charge in [0.2, 0.25) is 0 Å². The van der Waals surface area contributed by atoms with Crippen LogP contribution in [-0.4, -0.2) is 18.3 Å². The molecule has 0 atom stereocenters. The fourth-order valence-electron chi connectivity index (χ4n) is 0.832. The number of carbonyl (C=O) groups is 1. The Balaban J connectivity index is 2.71. The van der Waals surface area contributed by atoms with Gasteiger partial charge in [0.25, 0.3) is 0 Å². The lowest BCUT2D eigenvalue weighted by Crippen LogP contribution is -1.87. The van der Waals surface area contributed by atoms with Crippen LogP contribution in [0.2, 0.25) is 0 Å². The van der Waals surface area contributed by atoms with Crippen molar-refractivity contribution in [2.45, 2.75) is 0 Å². The van der Waals surface area contributed by atoms with Gasteiger partial charge in [-0.05, 0) is 24.5 Å². The zero-order valence-electron chi connectivity index (χ0n) is 6.82. The Hall–Kier alpha value is -0.960. The quantitative estimate of drug-likeness (QED) is 0.528. The van der Waals surface area contributed by atoms with Gasteiger partial charge in [-0.2, -0.15) is 11.8 Å². The number of furan rings is 1. The molecule has 12 heavy (non-hydrogen) atoms. The number of carbonyl (C=O) groups excluding carboxylic acids is 1. The van der Waals surface area contributed by atoms with Crippen LogP contribution in [-0.2, 0) is 4.79 Å². The zero-order chi connectivity index (χ0) is 8.81. The van der Waals surface area contributed by atoms with E-state index < -0.39 is 0 Å². The molecule has 0 aliphatic carbocycles. The van der Waals surface area contributed by atoms with Crippen LogP contribution in [0.4, 0.5) is 0 Å². The van der Waals surface area contributed by atoms with Crippen molar-refractivity contribution in [3.8, 4) is 0 Å². The Bertz CT molecular complexity index is 262. The second-order valence-corrected chi connectivity index (χ2v) is 3.15. The maximum absolute atomic E-state index is 10.5. The molecule has 0 aliphatic heterocycles. The van der Waals surface area contributed by atoms with E-state index in [-0.39, 0.29) is 0 Å². The third kappa shape index (κ3) is 2.58. The lowest BCUT2D eigenvalue weighted by atomic mass is 10.3.